The van der Waals surface area contributed by atoms with E-state index >= 15 is 0 Å². The van der Waals surface area contributed by atoms with Crippen LogP contribution in [0, 0.1) is 11.3 Å². The molecule has 0 radical (unpaired) electrons. The molecule has 106 valence electrons. The predicted molar refractivity (Wildman–Crippen MR) is 78.6 cm³/mol. The minimum Gasteiger partial charge on any atom is -0.329 e. The van der Waals surface area contributed by atoms with Crippen LogP contribution in [0.2, 0.25) is 0 Å². The van der Waals surface area contributed by atoms with Crippen LogP contribution in [0.3, 0.4) is 0 Å². The van der Waals surface area contributed by atoms with Crippen molar-refractivity contribution in [1.29, 1.82) is 0 Å². The predicted octanol–water partition coefficient (Wildman–Crippen LogP) is 3.41. The van der Waals surface area contributed by atoms with Crippen LogP contribution >= 0.6 is 0 Å². The van der Waals surface area contributed by atoms with Crippen LogP contribution in [0.5, 0.6) is 0 Å². The van der Waals surface area contributed by atoms with Crippen molar-refractivity contribution in [1.82, 2.24) is 4.90 Å². The van der Waals surface area contributed by atoms with E-state index in [-0.39, 0.29) is 0 Å². The quantitative estimate of drug-likeness (QED) is 0.816. The highest BCUT2D eigenvalue weighted by Crippen LogP contribution is 2.44. The molecule has 1 heterocycles. The van der Waals surface area contributed by atoms with Gasteiger partial charge in [0.1, 0.15) is 0 Å². The molecule has 0 aromatic rings. The first kappa shape index (κ1) is 14.3. The molecular formula is C16H32N2. The van der Waals surface area contributed by atoms with Gasteiger partial charge in [0, 0.05) is 12.1 Å². The molecule has 2 atom stereocenters. The molecule has 2 rings (SSSR count). The summed E-state index contributed by atoms with van der Waals surface area (Å²) in [4.78, 5) is 2.76. The van der Waals surface area contributed by atoms with Crippen molar-refractivity contribution in [3.8, 4) is 0 Å². The summed E-state index contributed by atoms with van der Waals surface area (Å²) in [5, 5.41) is 0. The summed E-state index contributed by atoms with van der Waals surface area (Å²) in [6.45, 7) is 10.7. The van der Waals surface area contributed by atoms with Crippen molar-refractivity contribution in [3.05, 3.63) is 0 Å². The molecule has 2 unspecified atom stereocenters. The van der Waals surface area contributed by atoms with Gasteiger partial charge in [0.05, 0.1) is 0 Å². The van der Waals surface area contributed by atoms with Crippen LogP contribution in [0.4, 0.5) is 0 Å². The van der Waals surface area contributed by atoms with E-state index in [2.05, 4.69) is 25.7 Å². The number of likely N-dealkylation sites (tertiary alicyclic amines) is 1. The lowest BCUT2D eigenvalue weighted by Gasteiger charge is -2.51. The SMILES string of the molecule is CC1CCCN(C2(CN)CCCC(C)(C)C2)CC1. The van der Waals surface area contributed by atoms with Crippen molar-refractivity contribution >= 4 is 0 Å². The molecule has 2 nitrogen and oxygen atoms in total. The van der Waals surface area contributed by atoms with Crippen molar-refractivity contribution in [2.24, 2.45) is 17.1 Å². The Morgan fingerprint density at radius 2 is 1.89 bits per heavy atom. The zero-order valence-electron chi connectivity index (χ0n) is 12.7. The lowest BCUT2D eigenvalue weighted by atomic mass is 9.67. The Kier molecular flexibility index (Phi) is 4.38. The van der Waals surface area contributed by atoms with Gasteiger partial charge < -0.3 is 5.73 Å². The van der Waals surface area contributed by atoms with Gasteiger partial charge in [0.2, 0.25) is 0 Å². The third-order valence-corrected chi connectivity index (χ3v) is 5.37. The van der Waals surface area contributed by atoms with Gasteiger partial charge in [0.25, 0.3) is 0 Å². The number of nitrogens with two attached hydrogens (primary N) is 1. The zero-order valence-corrected chi connectivity index (χ0v) is 12.7. The van der Waals surface area contributed by atoms with Crippen molar-refractivity contribution < 1.29 is 0 Å². The first-order chi connectivity index (χ1) is 8.47. The third kappa shape index (κ3) is 3.08. The Morgan fingerprint density at radius 3 is 2.56 bits per heavy atom. The average Bonchev–Trinajstić information content (AvgIpc) is 2.53. The normalized spacial score (nSPS) is 38.3. The summed E-state index contributed by atoms with van der Waals surface area (Å²) >= 11 is 0. The standard InChI is InChI=1S/C16H32N2/c1-14-6-4-10-18(11-7-14)16(13-17)9-5-8-15(2,3)12-16/h14H,4-13,17H2,1-3H3. The monoisotopic (exact) mass is 252 g/mol. The second kappa shape index (κ2) is 5.50. The van der Waals surface area contributed by atoms with Crippen molar-refractivity contribution in [2.75, 3.05) is 19.6 Å². The Balaban J connectivity index is 2.10. The van der Waals surface area contributed by atoms with Gasteiger partial charge >= 0.3 is 0 Å². The van der Waals surface area contributed by atoms with Gasteiger partial charge in [-0.1, -0.05) is 27.2 Å². The maximum atomic E-state index is 6.23. The van der Waals surface area contributed by atoms with Crippen LogP contribution in [0.15, 0.2) is 0 Å². The molecular weight excluding hydrogens is 220 g/mol. The third-order valence-electron chi connectivity index (χ3n) is 5.37. The molecule has 0 amide bonds. The summed E-state index contributed by atoms with van der Waals surface area (Å²) in [6, 6.07) is 0. The molecule has 2 N–H and O–H groups in total. The molecule has 0 bridgehead atoms. The van der Waals surface area contributed by atoms with Gasteiger partial charge in [-0.25, -0.2) is 0 Å². The van der Waals surface area contributed by atoms with Crippen LogP contribution in [0.25, 0.3) is 0 Å². The summed E-state index contributed by atoms with van der Waals surface area (Å²) in [5.41, 5.74) is 7.03. The first-order valence-electron chi connectivity index (χ1n) is 7.93. The van der Waals surface area contributed by atoms with E-state index in [0.717, 1.165) is 12.5 Å². The van der Waals surface area contributed by atoms with Crippen LogP contribution in [0.1, 0.15) is 65.7 Å². The molecule has 2 heteroatoms. The maximum absolute atomic E-state index is 6.23. The number of rotatable bonds is 2. The van der Waals surface area contributed by atoms with Crippen LogP contribution in [-0.4, -0.2) is 30.1 Å². The maximum Gasteiger partial charge on any atom is 0.0336 e. The summed E-state index contributed by atoms with van der Waals surface area (Å²) in [6.07, 6.45) is 9.48. The number of nitrogens with zero attached hydrogens (tertiary/aromatic N) is 1. The van der Waals surface area contributed by atoms with E-state index in [1.54, 1.807) is 0 Å². The van der Waals surface area contributed by atoms with E-state index < -0.39 is 0 Å². The second-order valence-corrected chi connectivity index (χ2v) is 7.65. The minimum atomic E-state index is 0.311. The molecule has 0 aromatic heterocycles. The number of hydrogen-bond donors (Lipinski definition) is 1. The fourth-order valence-corrected chi connectivity index (χ4v) is 4.27. The summed E-state index contributed by atoms with van der Waals surface area (Å²) in [7, 11) is 0. The van der Waals surface area contributed by atoms with E-state index in [1.807, 2.05) is 0 Å². The highest BCUT2D eigenvalue weighted by Gasteiger charge is 2.43. The molecule has 0 spiro atoms. The minimum absolute atomic E-state index is 0.311. The molecule has 1 saturated heterocycles. The molecule has 2 fully saturated rings. The molecule has 0 aromatic carbocycles. The average molecular weight is 252 g/mol. The fraction of sp³-hybridized carbons (Fsp3) is 1.00. The summed E-state index contributed by atoms with van der Waals surface area (Å²) in [5.74, 6) is 0.904. The highest BCUT2D eigenvalue weighted by molar-refractivity contribution is 4.99. The second-order valence-electron chi connectivity index (χ2n) is 7.65. The molecule has 1 saturated carbocycles. The smallest absolute Gasteiger partial charge is 0.0336 e. The topological polar surface area (TPSA) is 29.3 Å². The largest absolute Gasteiger partial charge is 0.329 e. The van der Waals surface area contributed by atoms with Gasteiger partial charge in [-0.15, -0.1) is 0 Å². The summed E-state index contributed by atoms with van der Waals surface area (Å²) < 4.78 is 0. The zero-order chi connectivity index (χ0) is 13.2. The van der Waals surface area contributed by atoms with Crippen molar-refractivity contribution in [2.45, 2.75) is 71.3 Å². The molecule has 1 aliphatic heterocycles. The fourth-order valence-electron chi connectivity index (χ4n) is 4.27. The van der Waals surface area contributed by atoms with E-state index in [9.17, 15) is 0 Å². The van der Waals surface area contributed by atoms with E-state index in [1.165, 1.54) is 58.0 Å². The Hall–Kier alpha value is -0.0800. The molecule has 2 aliphatic rings. The Bertz CT molecular complexity index is 274. The highest BCUT2D eigenvalue weighted by atomic mass is 15.2. The lowest BCUT2D eigenvalue weighted by Crippen LogP contribution is -2.58. The molecule has 18 heavy (non-hydrogen) atoms. The van der Waals surface area contributed by atoms with Gasteiger partial charge in [-0.2, -0.15) is 0 Å². The number of hydrogen-bond acceptors (Lipinski definition) is 2. The van der Waals surface area contributed by atoms with Crippen molar-refractivity contribution in [3.63, 3.8) is 0 Å². The lowest BCUT2D eigenvalue weighted by molar-refractivity contribution is 0.0114. The first-order valence-corrected chi connectivity index (χ1v) is 7.93. The van der Waals surface area contributed by atoms with E-state index in [0.29, 0.717) is 11.0 Å². The van der Waals surface area contributed by atoms with Crippen LogP contribution < -0.4 is 5.73 Å². The van der Waals surface area contributed by atoms with Gasteiger partial charge in [-0.3, -0.25) is 4.90 Å². The van der Waals surface area contributed by atoms with Gasteiger partial charge in [-0.05, 0) is 62.9 Å². The molecule has 1 aliphatic carbocycles. The van der Waals surface area contributed by atoms with Crippen LogP contribution in [-0.2, 0) is 0 Å². The Morgan fingerprint density at radius 1 is 1.11 bits per heavy atom. The Labute approximate surface area is 113 Å². The van der Waals surface area contributed by atoms with E-state index in [4.69, 9.17) is 5.73 Å². The van der Waals surface area contributed by atoms with Gasteiger partial charge in [0.15, 0.2) is 0 Å².